The number of piperidine rings is 1. The molecule has 27 heavy (non-hydrogen) atoms. The molecule has 0 saturated carbocycles. The van der Waals surface area contributed by atoms with Crippen molar-refractivity contribution >= 4 is 23.0 Å². The number of carbonyl (C=O) groups excluding carboxylic acids is 2. The number of aryl methyl sites for hydroxylation is 3. The number of likely N-dealkylation sites (tertiary alicyclic amines) is 1. The van der Waals surface area contributed by atoms with Crippen LogP contribution in [0, 0.1) is 13.8 Å². The zero-order chi connectivity index (χ0) is 19.0. The van der Waals surface area contributed by atoms with E-state index in [1.807, 2.05) is 24.8 Å². The third-order valence-corrected chi connectivity index (χ3v) is 6.65. The van der Waals surface area contributed by atoms with Crippen LogP contribution in [-0.2, 0) is 17.8 Å². The van der Waals surface area contributed by atoms with Crippen molar-refractivity contribution in [3.8, 4) is 0 Å². The lowest BCUT2D eigenvalue weighted by molar-refractivity contribution is -0.132. The summed E-state index contributed by atoms with van der Waals surface area (Å²) in [6.45, 7) is 6.45. The van der Waals surface area contributed by atoms with Crippen LogP contribution in [0.3, 0.4) is 0 Å². The standard InChI is InChI=1S/C20H26N4O2S/c1-13-11-16(14(2)27-13)17(25)7-8-19(26)23-9-3-5-15(12-23)20-22-21-18-6-4-10-24(18)20/h11,15H,3-10,12H2,1-2H3/t15-/m0/s1. The summed E-state index contributed by atoms with van der Waals surface area (Å²) in [5.41, 5.74) is 0.779. The van der Waals surface area contributed by atoms with Crippen LogP contribution in [-0.4, -0.2) is 44.4 Å². The van der Waals surface area contributed by atoms with Gasteiger partial charge < -0.3 is 9.47 Å². The molecule has 6 nitrogen and oxygen atoms in total. The smallest absolute Gasteiger partial charge is 0.223 e. The number of hydrogen-bond donors (Lipinski definition) is 0. The number of nitrogens with zero attached hydrogens (tertiary/aromatic N) is 4. The monoisotopic (exact) mass is 386 g/mol. The van der Waals surface area contributed by atoms with Gasteiger partial charge in [-0.05, 0) is 39.2 Å². The van der Waals surface area contributed by atoms with Gasteiger partial charge in [0.15, 0.2) is 5.78 Å². The molecule has 0 bridgehead atoms. The molecule has 2 aromatic heterocycles. The van der Waals surface area contributed by atoms with E-state index in [4.69, 9.17) is 0 Å². The minimum Gasteiger partial charge on any atom is -0.342 e. The summed E-state index contributed by atoms with van der Waals surface area (Å²) in [7, 11) is 0. The van der Waals surface area contributed by atoms with E-state index in [1.54, 1.807) is 11.3 Å². The zero-order valence-corrected chi connectivity index (χ0v) is 16.8. The van der Waals surface area contributed by atoms with Crippen molar-refractivity contribution in [2.24, 2.45) is 0 Å². The Labute approximate surface area is 163 Å². The highest BCUT2D eigenvalue weighted by Crippen LogP contribution is 2.29. The lowest BCUT2D eigenvalue weighted by atomic mass is 9.96. The van der Waals surface area contributed by atoms with Crippen LogP contribution in [0.2, 0.25) is 0 Å². The van der Waals surface area contributed by atoms with Gasteiger partial charge >= 0.3 is 0 Å². The van der Waals surface area contributed by atoms with Crippen molar-refractivity contribution < 1.29 is 9.59 Å². The second kappa shape index (κ2) is 7.54. The SMILES string of the molecule is Cc1cc(C(=O)CCC(=O)N2CCC[C@H](c3nnc4n3CCC4)C2)c(C)s1. The average molecular weight is 387 g/mol. The number of ketones is 1. The molecule has 0 aromatic carbocycles. The second-order valence-corrected chi connectivity index (χ2v) is 9.12. The lowest BCUT2D eigenvalue weighted by Crippen LogP contribution is -2.39. The van der Waals surface area contributed by atoms with Gasteiger partial charge in [-0.1, -0.05) is 0 Å². The fraction of sp³-hybridized carbons (Fsp3) is 0.600. The van der Waals surface area contributed by atoms with Gasteiger partial charge in [0.1, 0.15) is 11.6 Å². The molecule has 0 N–H and O–H groups in total. The van der Waals surface area contributed by atoms with Gasteiger partial charge in [-0.25, -0.2) is 0 Å². The zero-order valence-electron chi connectivity index (χ0n) is 16.0. The summed E-state index contributed by atoms with van der Waals surface area (Å²) in [5.74, 6) is 2.55. The van der Waals surface area contributed by atoms with Crippen molar-refractivity contribution in [2.75, 3.05) is 13.1 Å². The maximum atomic E-state index is 12.7. The van der Waals surface area contributed by atoms with Crippen LogP contribution in [0.1, 0.15) is 69.8 Å². The molecule has 0 aliphatic carbocycles. The van der Waals surface area contributed by atoms with Gasteiger partial charge in [0.25, 0.3) is 0 Å². The predicted molar refractivity (Wildman–Crippen MR) is 104 cm³/mol. The summed E-state index contributed by atoms with van der Waals surface area (Å²) in [6, 6.07) is 1.94. The van der Waals surface area contributed by atoms with Gasteiger partial charge in [-0.3, -0.25) is 9.59 Å². The van der Waals surface area contributed by atoms with Crippen LogP contribution in [0.15, 0.2) is 6.07 Å². The fourth-order valence-electron chi connectivity index (χ4n) is 4.31. The van der Waals surface area contributed by atoms with Gasteiger partial charge in [-0.2, -0.15) is 0 Å². The normalized spacial score (nSPS) is 19.3. The first-order valence-electron chi connectivity index (χ1n) is 9.83. The van der Waals surface area contributed by atoms with Crippen molar-refractivity contribution in [2.45, 2.75) is 64.8 Å². The Morgan fingerprint density at radius 3 is 2.81 bits per heavy atom. The van der Waals surface area contributed by atoms with E-state index < -0.39 is 0 Å². The Bertz CT molecular complexity index is 869. The number of fused-ring (bicyclic) bond motifs is 1. The Morgan fingerprint density at radius 2 is 2.04 bits per heavy atom. The molecule has 4 rings (SSSR count). The minimum absolute atomic E-state index is 0.0778. The molecule has 1 fully saturated rings. The number of Topliss-reactive ketones (excluding diaryl/α,β-unsaturated/α-hetero) is 1. The first-order valence-corrected chi connectivity index (χ1v) is 10.6. The number of thiophene rings is 1. The summed E-state index contributed by atoms with van der Waals surface area (Å²) in [6.07, 6.45) is 4.75. The van der Waals surface area contributed by atoms with Crippen LogP contribution < -0.4 is 0 Å². The number of rotatable bonds is 5. The van der Waals surface area contributed by atoms with Crippen LogP contribution >= 0.6 is 11.3 Å². The Hall–Kier alpha value is -2.02. The summed E-state index contributed by atoms with van der Waals surface area (Å²) < 4.78 is 2.24. The van der Waals surface area contributed by atoms with Gasteiger partial charge in [0, 0.05) is 60.1 Å². The number of hydrogen-bond acceptors (Lipinski definition) is 5. The third kappa shape index (κ3) is 3.70. The van der Waals surface area contributed by atoms with E-state index >= 15 is 0 Å². The molecule has 0 spiro atoms. The molecule has 2 aliphatic heterocycles. The fourth-order valence-corrected chi connectivity index (χ4v) is 5.25. The summed E-state index contributed by atoms with van der Waals surface area (Å²) in [4.78, 5) is 29.3. The molecule has 1 saturated heterocycles. The molecule has 4 heterocycles. The van der Waals surface area contributed by atoms with E-state index in [0.717, 1.165) is 65.7 Å². The molecular weight excluding hydrogens is 360 g/mol. The van der Waals surface area contributed by atoms with Crippen molar-refractivity contribution in [1.29, 1.82) is 0 Å². The van der Waals surface area contributed by atoms with Crippen molar-refractivity contribution in [1.82, 2.24) is 19.7 Å². The van der Waals surface area contributed by atoms with Crippen molar-refractivity contribution in [3.63, 3.8) is 0 Å². The van der Waals surface area contributed by atoms with Gasteiger partial charge in [-0.15, -0.1) is 21.5 Å². The first kappa shape index (κ1) is 18.3. The highest BCUT2D eigenvalue weighted by molar-refractivity contribution is 7.12. The average Bonchev–Trinajstić information content (AvgIpc) is 3.35. The first-order chi connectivity index (χ1) is 13.0. The van der Waals surface area contributed by atoms with E-state index in [0.29, 0.717) is 6.54 Å². The number of amides is 1. The maximum Gasteiger partial charge on any atom is 0.223 e. The molecule has 2 aliphatic rings. The topological polar surface area (TPSA) is 68.1 Å². The van der Waals surface area contributed by atoms with Crippen LogP contribution in [0.4, 0.5) is 0 Å². The Morgan fingerprint density at radius 1 is 1.19 bits per heavy atom. The van der Waals surface area contributed by atoms with E-state index in [2.05, 4.69) is 14.8 Å². The van der Waals surface area contributed by atoms with E-state index in [1.165, 1.54) is 0 Å². The molecular formula is C20H26N4O2S. The van der Waals surface area contributed by atoms with Crippen LogP contribution in [0.5, 0.6) is 0 Å². The quantitative estimate of drug-likeness (QED) is 0.740. The molecule has 144 valence electrons. The lowest BCUT2D eigenvalue weighted by Gasteiger charge is -2.32. The molecule has 0 unspecified atom stereocenters. The number of carbonyl (C=O) groups is 2. The molecule has 1 amide bonds. The van der Waals surface area contributed by atoms with E-state index in [9.17, 15) is 9.59 Å². The highest BCUT2D eigenvalue weighted by atomic mass is 32.1. The predicted octanol–water partition coefficient (Wildman–Crippen LogP) is 3.27. The van der Waals surface area contributed by atoms with Crippen molar-refractivity contribution in [3.05, 3.63) is 33.0 Å². The van der Waals surface area contributed by atoms with Crippen LogP contribution in [0.25, 0.3) is 0 Å². The largest absolute Gasteiger partial charge is 0.342 e. The highest BCUT2D eigenvalue weighted by Gasteiger charge is 2.30. The van der Waals surface area contributed by atoms with Gasteiger partial charge in [0.05, 0.1) is 0 Å². The molecule has 0 radical (unpaired) electrons. The maximum absolute atomic E-state index is 12.7. The Balaban J connectivity index is 1.36. The number of aromatic nitrogens is 3. The summed E-state index contributed by atoms with van der Waals surface area (Å²) >= 11 is 1.64. The molecule has 7 heteroatoms. The van der Waals surface area contributed by atoms with E-state index in [-0.39, 0.29) is 30.4 Å². The molecule has 2 aromatic rings. The minimum atomic E-state index is 0.0778. The third-order valence-electron chi connectivity index (χ3n) is 5.68. The Kier molecular flexibility index (Phi) is 5.12. The summed E-state index contributed by atoms with van der Waals surface area (Å²) in [5, 5.41) is 8.71. The second-order valence-electron chi connectivity index (χ2n) is 7.66. The van der Waals surface area contributed by atoms with Gasteiger partial charge in [0.2, 0.25) is 5.91 Å². The molecule has 1 atom stereocenters.